The number of aryl methyl sites for hydroxylation is 1. The zero-order valence-electron chi connectivity index (χ0n) is 14.4. The first kappa shape index (κ1) is 16.2. The summed E-state index contributed by atoms with van der Waals surface area (Å²) in [6.45, 7) is 3.11. The van der Waals surface area contributed by atoms with Crippen LogP contribution in [-0.2, 0) is 12.8 Å². The van der Waals surface area contributed by atoms with Crippen LogP contribution >= 0.6 is 11.6 Å². The largest absolute Gasteiger partial charge is 0.370 e. The van der Waals surface area contributed by atoms with Crippen LogP contribution in [0.15, 0.2) is 48.5 Å². The first-order valence-electron chi connectivity index (χ1n) is 8.87. The molecule has 0 spiro atoms. The molecule has 0 radical (unpaired) electrons. The van der Waals surface area contributed by atoms with Crippen LogP contribution < -0.4 is 5.32 Å². The molecule has 0 saturated carbocycles. The third kappa shape index (κ3) is 3.29. The molecule has 0 amide bonds. The summed E-state index contributed by atoms with van der Waals surface area (Å²) in [5, 5.41) is 9.38. The van der Waals surface area contributed by atoms with Crippen molar-refractivity contribution in [2.24, 2.45) is 0 Å². The second-order valence-corrected chi connectivity index (χ2v) is 7.08. The molecule has 3 aromatic rings. The number of benzene rings is 2. The number of rotatable bonds is 3. The summed E-state index contributed by atoms with van der Waals surface area (Å²) in [7, 11) is 0. The molecular weight excluding hydrogens is 330 g/mol. The van der Waals surface area contributed by atoms with Crippen LogP contribution in [0.5, 0.6) is 0 Å². The Morgan fingerprint density at radius 3 is 2.84 bits per heavy atom. The highest BCUT2D eigenvalue weighted by molar-refractivity contribution is 6.31. The minimum Gasteiger partial charge on any atom is -0.370 e. The molecule has 4 rings (SSSR count). The quantitative estimate of drug-likeness (QED) is 0.705. The van der Waals surface area contributed by atoms with Gasteiger partial charge in [0.1, 0.15) is 5.82 Å². The highest BCUT2D eigenvalue weighted by Gasteiger charge is 2.21. The van der Waals surface area contributed by atoms with Gasteiger partial charge >= 0.3 is 0 Å². The Morgan fingerprint density at radius 1 is 1.12 bits per heavy atom. The van der Waals surface area contributed by atoms with Crippen molar-refractivity contribution in [2.75, 3.05) is 11.9 Å². The molecule has 0 saturated heterocycles. The lowest BCUT2D eigenvalue weighted by molar-refractivity contribution is 0.767. The average molecular weight is 352 g/mol. The Balaban J connectivity index is 1.81. The van der Waals surface area contributed by atoms with Crippen molar-refractivity contribution >= 4 is 17.4 Å². The summed E-state index contributed by atoms with van der Waals surface area (Å²) in [4.78, 5) is 0. The molecule has 1 aliphatic rings. The third-order valence-corrected chi connectivity index (χ3v) is 5.14. The van der Waals surface area contributed by atoms with Crippen molar-refractivity contribution in [3.8, 4) is 5.69 Å². The Hall–Kier alpha value is -2.26. The van der Waals surface area contributed by atoms with Crippen LogP contribution in [0, 0.1) is 6.92 Å². The van der Waals surface area contributed by atoms with Gasteiger partial charge in [-0.3, -0.25) is 0 Å². The van der Waals surface area contributed by atoms with E-state index in [1.54, 1.807) is 0 Å². The molecule has 2 heterocycles. The van der Waals surface area contributed by atoms with Crippen molar-refractivity contribution in [2.45, 2.75) is 32.6 Å². The lowest BCUT2D eigenvalue weighted by Crippen LogP contribution is -2.07. The number of nitrogens with one attached hydrogen (secondary N) is 1. The third-order valence-electron chi connectivity index (χ3n) is 4.77. The first-order valence-corrected chi connectivity index (χ1v) is 9.25. The maximum Gasteiger partial charge on any atom is 0.133 e. The van der Waals surface area contributed by atoms with Gasteiger partial charge in [-0.25, -0.2) is 4.68 Å². The van der Waals surface area contributed by atoms with Crippen molar-refractivity contribution in [3.63, 3.8) is 0 Å². The molecule has 0 fully saturated rings. The molecular formula is C21H22ClN3. The summed E-state index contributed by atoms with van der Waals surface area (Å²) < 4.78 is 2.07. The minimum absolute atomic E-state index is 0.766. The monoisotopic (exact) mass is 351 g/mol. The fraction of sp³-hybridized carbons (Fsp3) is 0.286. The number of hydrogen-bond acceptors (Lipinski definition) is 2. The van der Waals surface area contributed by atoms with E-state index in [2.05, 4.69) is 47.3 Å². The van der Waals surface area contributed by atoms with Crippen LogP contribution in [0.4, 0.5) is 5.82 Å². The van der Waals surface area contributed by atoms with Crippen LogP contribution in [0.2, 0.25) is 5.02 Å². The van der Waals surface area contributed by atoms with Crippen molar-refractivity contribution in [3.05, 3.63) is 75.9 Å². The minimum atomic E-state index is 0.766. The zero-order chi connectivity index (χ0) is 17.2. The molecule has 0 aliphatic carbocycles. The fourth-order valence-electron chi connectivity index (χ4n) is 3.48. The van der Waals surface area contributed by atoms with Gasteiger partial charge in [-0.1, -0.05) is 41.9 Å². The number of fused-ring (bicyclic) bond motifs is 1. The molecule has 0 bridgehead atoms. The molecule has 0 unspecified atom stereocenters. The lowest BCUT2D eigenvalue weighted by Gasteiger charge is -2.09. The zero-order valence-corrected chi connectivity index (χ0v) is 15.2. The molecule has 128 valence electrons. The van der Waals surface area contributed by atoms with E-state index >= 15 is 0 Å². The Kier molecular flexibility index (Phi) is 4.50. The maximum absolute atomic E-state index is 6.38. The van der Waals surface area contributed by atoms with Gasteiger partial charge in [-0.15, -0.1) is 0 Å². The summed E-state index contributed by atoms with van der Waals surface area (Å²) >= 11 is 6.38. The van der Waals surface area contributed by atoms with Gasteiger partial charge < -0.3 is 5.32 Å². The predicted molar refractivity (Wildman–Crippen MR) is 104 cm³/mol. The van der Waals surface area contributed by atoms with Crippen LogP contribution in [-0.4, -0.2) is 16.3 Å². The highest BCUT2D eigenvalue weighted by atomic mass is 35.5. The number of anilines is 1. The molecule has 25 heavy (non-hydrogen) atoms. The maximum atomic E-state index is 6.38. The standard InChI is InChI=1S/C21H22ClN3/c1-15-7-6-9-17(13-15)25-21-18(10-4-5-12-23-21)20(24-25)14-16-8-2-3-11-19(16)22/h2-3,6-9,11,13,23H,4-5,10,12,14H2,1H3. The smallest absolute Gasteiger partial charge is 0.133 e. The van der Waals surface area contributed by atoms with Gasteiger partial charge in [0.15, 0.2) is 0 Å². The van der Waals surface area contributed by atoms with Gasteiger partial charge in [0.05, 0.1) is 11.4 Å². The van der Waals surface area contributed by atoms with E-state index in [0.717, 1.165) is 47.2 Å². The van der Waals surface area contributed by atoms with Gasteiger partial charge in [0.2, 0.25) is 0 Å². The summed E-state index contributed by atoms with van der Waals surface area (Å²) in [6.07, 6.45) is 4.21. The SMILES string of the molecule is Cc1cccc(-n2nc(Cc3ccccc3Cl)c3c2NCCCC3)c1. The van der Waals surface area contributed by atoms with Crippen molar-refractivity contribution < 1.29 is 0 Å². The summed E-state index contributed by atoms with van der Waals surface area (Å²) in [5.74, 6) is 1.14. The summed E-state index contributed by atoms with van der Waals surface area (Å²) in [6, 6.07) is 16.5. The number of nitrogens with zero attached hydrogens (tertiary/aromatic N) is 2. The molecule has 2 aromatic carbocycles. The Bertz CT molecular complexity index is 898. The lowest BCUT2D eigenvalue weighted by atomic mass is 10.0. The second kappa shape index (κ2) is 6.93. The van der Waals surface area contributed by atoms with Crippen LogP contribution in [0.25, 0.3) is 5.69 Å². The molecule has 3 nitrogen and oxygen atoms in total. The molecule has 1 N–H and O–H groups in total. The van der Waals surface area contributed by atoms with E-state index < -0.39 is 0 Å². The Labute approximate surface area is 153 Å². The molecule has 4 heteroatoms. The predicted octanol–water partition coefficient (Wildman–Crippen LogP) is 5.17. The average Bonchev–Trinajstić information content (AvgIpc) is 2.79. The van der Waals surface area contributed by atoms with E-state index in [1.165, 1.54) is 24.0 Å². The van der Waals surface area contributed by atoms with E-state index in [-0.39, 0.29) is 0 Å². The van der Waals surface area contributed by atoms with Crippen molar-refractivity contribution in [1.82, 2.24) is 9.78 Å². The van der Waals surface area contributed by atoms with E-state index in [0.29, 0.717) is 0 Å². The number of halogens is 1. The molecule has 1 aliphatic heterocycles. The van der Waals surface area contributed by atoms with Gasteiger partial charge in [0, 0.05) is 23.6 Å². The Morgan fingerprint density at radius 2 is 2.00 bits per heavy atom. The fourth-order valence-corrected chi connectivity index (χ4v) is 3.69. The van der Waals surface area contributed by atoms with E-state index in [1.807, 2.05) is 18.2 Å². The summed E-state index contributed by atoms with van der Waals surface area (Å²) in [5.41, 5.74) is 5.93. The van der Waals surface area contributed by atoms with Crippen LogP contribution in [0.1, 0.15) is 35.2 Å². The van der Waals surface area contributed by atoms with Gasteiger partial charge in [0.25, 0.3) is 0 Å². The number of hydrogen-bond donors (Lipinski definition) is 1. The highest BCUT2D eigenvalue weighted by Crippen LogP contribution is 2.30. The van der Waals surface area contributed by atoms with E-state index in [4.69, 9.17) is 16.7 Å². The normalized spacial score (nSPS) is 13.8. The second-order valence-electron chi connectivity index (χ2n) is 6.68. The van der Waals surface area contributed by atoms with Gasteiger partial charge in [-0.2, -0.15) is 5.10 Å². The van der Waals surface area contributed by atoms with Crippen LogP contribution in [0.3, 0.4) is 0 Å². The van der Waals surface area contributed by atoms with Gasteiger partial charge in [-0.05, 0) is 55.5 Å². The number of aromatic nitrogens is 2. The topological polar surface area (TPSA) is 29.9 Å². The molecule has 0 atom stereocenters. The van der Waals surface area contributed by atoms with Crippen molar-refractivity contribution in [1.29, 1.82) is 0 Å². The first-order chi connectivity index (χ1) is 12.2. The molecule has 1 aromatic heterocycles. The van der Waals surface area contributed by atoms with E-state index in [9.17, 15) is 0 Å².